The van der Waals surface area contributed by atoms with E-state index in [4.69, 9.17) is 23.7 Å². The van der Waals surface area contributed by atoms with Gasteiger partial charge in [0.2, 0.25) is 0 Å². The van der Waals surface area contributed by atoms with Gasteiger partial charge in [0, 0.05) is 36.2 Å². The third-order valence-electron chi connectivity index (χ3n) is 5.63. The number of ether oxygens (including phenoxy) is 5. The number of pyridine rings is 1. The Bertz CT molecular complexity index is 1160. The Morgan fingerprint density at radius 1 is 0.970 bits per heavy atom. The number of rotatable bonds is 6. The first-order valence-electron chi connectivity index (χ1n) is 10.8. The van der Waals surface area contributed by atoms with Crippen LogP contribution in [-0.4, -0.2) is 44.6 Å². The average Bonchev–Trinajstić information content (AvgIpc) is 2.82. The highest BCUT2D eigenvalue weighted by atomic mass is 16.6. The highest BCUT2D eigenvalue weighted by Gasteiger charge is 2.19. The summed E-state index contributed by atoms with van der Waals surface area (Å²) in [6.45, 7) is 5.07. The number of hydrogen-bond donors (Lipinski definition) is 1. The van der Waals surface area contributed by atoms with Crippen LogP contribution in [0, 0.1) is 13.8 Å². The van der Waals surface area contributed by atoms with Crippen LogP contribution >= 0.6 is 0 Å². The molecule has 1 N–H and O–H groups in total. The van der Waals surface area contributed by atoms with Crippen molar-refractivity contribution in [3.63, 3.8) is 0 Å². The smallest absolute Gasteiger partial charge is 0.411 e. The molecule has 1 aromatic heterocycles. The van der Waals surface area contributed by atoms with Gasteiger partial charge in [-0.2, -0.15) is 0 Å². The number of aryl methyl sites for hydroxylation is 2. The largest absolute Gasteiger partial charge is 0.493 e. The summed E-state index contributed by atoms with van der Waals surface area (Å²) < 4.78 is 27.9. The zero-order valence-corrected chi connectivity index (χ0v) is 19.3. The molecule has 1 aliphatic rings. The highest BCUT2D eigenvalue weighted by Crippen LogP contribution is 2.38. The fourth-order valence-electron chi connectivity index (χ4n) is 3.77. The summed E-state index contributed by atoms with van der Waals surface area (Å²) in [6.07, 6.45) is 2.55. The van der Waals surface area contributed by atoms with E-state index in [1.165, 1.54) is 0 Å². The van der Waals surface area contributed by atoms with Crippen molar-refractivity contribution in [1.82, 2.24) is 4.98 Å². The van der Waals surface area contributed by atoms with Crippen LogP contribution in [0.25, 0.3) is 10.9 Å². The number of nitrogens with zero attached hydrogens (tertiary/aromatic N) is 1. The lowest BCUT2D eigenvalue weighted by molar-refractivity contribution is 0.00591. The third-order valence-corrected chi connectivity index (χ3v) is 5.63. The van der Waals surface area contributed by atoms with Gasteiger partial charge < -0.3 is 23.7 Å². The van der Waals surface area contributed by atoms with Crippen molar-refractivity contribution in [2.45, 2.75) is 32.8 Å². The summed E-state index contributed by atoms with van der Waals surface area (Å²) in [7, 11) is 3.18. The molecule has 1 saturated heterocycles. The first-order valence-corrected chi connectivity index (χ1v) is 10.8. The molecule has 174 valence electrons. The first kappa shape index (κ1) is 22.7. The third kappa shape index (κ3) is 5.12. The van der Waals surface area contributed by atoms with Crippen molar-refractivity contribution in [2.75, 3.05) is 32.8 Å². The lowest BCUT2D eigenvalue weighted by atomic mass is 10.1. The van der Waals surface area contributed by atoms with Crippen molar-refractivity contribution in [3.05, 3.63) is 47.7 Å². The second-order valence-corrected chi connectivity index (χ2v) is 7.91. The Hall–Kier alpha value is -3.52. The predicted octanol–water partition coefficient (Wildman–Crippen LogP) is 5.39. The molecule has 0 spiro atoms. The van der Waals surface area contributed by atoms with Crippen molar-refractivity contribution < 1.29 is 28.5 Å². The van der Waals surface area contributed by atoms with Crippen LogP contribution in [0.1, 0.15) is 24.0 Å². The van der Waals surface area contributed by atoms with E-state index in [9.17, 15) is 4.79 Å². The van der Waals surface area contributed by atoms with Gasteiger partial charge in [-0.05, 0) is 49.2 Å². The van der Waals surface area contributed by atoms with Crippen molar-refractivity contribution in [3.8, 4) is 23.0 Å². The van der Waals surface area contributed by atoms with Gasteiger partial charge in [-0.25, -0.2) is 4.79 Å². The molecule has 0 aliphatic carbocycles. The van der Waals surface area contributed by atoms with Crippen LogP contribution in [0.2, 0.25) is 0 Å². The number of anilines is 1. The van der Waals surface area contributed by atoms with Gasteiger partial charge in [0.05, 0.1) is 33.0 Å². The van der Waals surface area contributed by atoms with Crippen LogP contribution in [0.5, 0.6) is 23.0 Å². The lowest BCUT2D eigenvalue weighted by Crippen LogP contribution is -2.28. The van der Waals surface area contributed by atoms with Crippen LogP contribution in [-0.2, 0) is 9.47 Å². The average molecular weight is 453 g/mol. The second kappa shape index (κ2) is 9.95. The molecule has 0 saturated carbocycles. The summed E-state index contributed by atoms with van der Waals surface area (Å²) in [5.41, 5.74) is 3.14. The molecule has 3 aromatic rings. The summed E-state index contributed by atoms with van der Waals surface area (Å²) in [5.74, 6) is 2.52. The number of carbonyl (C=O) groups is 1. The van der Waals surface area contributed by atoms with Gasteiger partial charge in [0.25, 0.3) is 0 Å². The van der Waals surface area contributed by atoms with Crippen molar-refractivity contribution in [1.29, 1.82) is 0 Å². The zero-order chi connectivity index (χ0) is 23.4. The van der Waals surface area contributed by atoms with Crippen LogP contribution in [0.4, 0.5) is 10.5 Å². The van der Waals surface area contributed by atoms with Crippen LogP contribution < -0.4 is 19.5 Å². The monoisotopic (exact) mass is 452 g/mol. The maximum atomic E-state index is 12.3. The molecule has 33 heavy (non-hydrogen) atoms. The van der Waals surface area contributed by atoms with E-state index in [1.54, 1.807) is 26.5 Å². The minimum absolute atomic E-state index is 0.113. The summed E-state index contributed by atoms with van der Waals surface area (Å²) in [6, 6.07) is 9.24. The minimum atomic E-state index is -0.459. The second-order valence-electron chi connectivity index (χ2n) is 7.91. The molecule has 0 atom stereocenters. The van der Waals surface area contributed by atoms with Gasteiger partial charge >= 0.3 is 6.09 Å². The summed E-state index contributed by atoms with van der Waals surface area (Å²) in [4.78, 5) is 16.8. The van der Waals surface area contributed by atoms with E-state index in [-0.39, 0.29) is 6.10 Å². The SMILES string of the molecule is COc1cc2nccc(Oc3cc(C)c(NC(=O)OC4CCOCC4)cc3C)c2cc1OC. The van der Waals surface area contributed by atoms with Crippen LogP contribution in [0.15, 0.2) is 36.5 Å². The standard InChI is InChI=1S/C25H28N2O6/c1-15-12-22(16(2)11-19(15)27-25(28)32-17-6-9-31-10-7-17)33-21-5-8-26-20-14-24(30-4)23(29-3)13-18(20)21/h5,8,11-14,17H,6-7,9-10H2,1-4H3,(H,27,28). The number of aromatic nitrogens is 1. The first-order chi connectivity index (χ1) is 16.0. The molecule has 0 bridgehead atoms. The Morgan fingerprint density at radius 3 is 2.42 bits per heavy atom. The van der Waals surface area contributed by atoms with Gasteiger partial charge in [-0.1, -0.05) is 0 Å². The van der Waals surface area contributed by atoms with E-state index in [2.05, 4.69) is 10.3 Å². The fourth-order valence-corrected chi connectivity index (χ4v) is 3.77. The molecular weight excluding hydrogens is 424 g/mol. The molecule has 1 aliphatic heterocycles. The molecule has 1 amide bonds. The van der Waals surface area contributed by atoms with Gasteiger partial charge in [0.15, 0.2) is 11.5 Å². The minimum Gasteiger partial charge on any atom is -0.493 e. The van der Waals surface area contributed by atoms with Gasteiger partial charge in [-0.3, -0.25) is 10.3 Å². The Kier molecular flexibility index (Phi) is 6.84. The van der Waals surface area contributed by atoms with Gasteiger partial charge in [-0.15, -0.1) is 0 Å². The highest BCUT2D eigenvalue weighted by molar-refractivity contribution is 5.89. The number of hydrogen-bond acceptors (Lipinski definition) is 7. The van der Waals surface area contributed by atoms with Crippen LogP contribution in [0.3, 0.4) is 0 Å². The van der Waals surface area contributed by atoms with Crippen molar-refractivity contribution >= 4 is 22.7 Å². The molecule has 4 rings (SSSR count). The summed E-state index contributed by atoms with van der Waals surface area (Å²) in [5, 5.41) is 3.65. The molecule has 0 radical (unpaired) electrons. The van der Waals surface area contributed by atoms with E-state index in [1.807, 2.05) is 38.1 Å². The maximum absolute atomic E-state index is 12.3. The number of methoxy groups -OCH3 is 2. The molecule has 1 fully saturated rings. The quantitative estimate of drug-likeness (QED) is 0.536. The van der Waals surface area contributed by atoms with E-state index in [0.717, 1.165) is 34.9 Å². The number of amides is 1. The number of benzene rings is 2. The van der Waals surface area contributed by atoms with E-state index < -0.39 is 6.09 Å². The number of fused-ring (bicyclic) bond motifs is 1. The molecule has 0 unspecified atom stereocenters. The lowest BCUT2D eigenvalue weighted by Gasteiger charge is -2.22. The number of carbonyl (C=O) groups excluding carboxylic acids is 1. The van der Waals surface area contributed by atoms with Gasteiger partial charge in [0.1, 0.15) is 17.6 Å². The van der Waals surface area contributed by atoms with E-state index in [0.29, 0.717) is 41.9 Å². The molecule has 8 heteroatoms. The Labute approximate surface area is 192 Å². The molecule has 8 nitrogen and oxygen atoms in total. The van der Waals surface area contributed by atoms with E-state index >= 15 is 0 Å². The van der Waals surface area contributed by atoms with Crippen molar-refractivity contribution in [2.24, 2.45) is 0 Å². The maximum Gasteiger partial charge on any atom is 0.411 e. The summed E-state index contributed by atoms with van der Waals surface area (Å²) >= 11 is 0. The normalized spacial score (nSPS) is 14.1. The molecular formula is C25H28N2O6. The molecule has 2 heterocycles. The fraction of sp³-hybridized carbons (Fsp3) is 0.360. The molecule has 2 aromatic carbocycles. The topological polar surface area (TPSA) is 88.1 Å². The predicted molar refractivity (Wildman–Crippen MR) is 125 cm³/mol. The Morgan fingerprint density at radius 2 is 1.70 bits per heavy atom. The zero-order valence-electron chi connectivity index (χ0n) is 19.3. The number of nitrogens with one attached hydrogen (secondary N) is 1. The Balaban J connectivity index is 1.55.